The number of rotatable bonds is 6. The average Bonchev–Trinajstić information content (AvgIpc) is 3.00. The number of carbonyl (C=O) groups excluding carboxylic acids is 2. The molecule has 1 aliphatic heterocycles. The standard InChI is InChI=1S/C20H22ClN3O5S/c1-13-3-2-4-16(9-13)29-18-6-5-14(21)10-17(18)22-11-19(25)24-20(26)23-15-7-8-30(27,28)12-15/h2-6,9-10,15,22H,7-8,11-12H2,1H3,(H2,23,24,25,26). The third kappa shape index (κ3) is 6.36. The van der Waals surface area contributed by atoms with Crippen LogP contribution in [0.2, 0.25) is 5.02 Å². The zero-order chi connectivity index (χ0) is 21.7. The fourth-order valence-corrected chi connectivity index (χ4v) is 4.86. The second-order valence-electron chi connectivity index (χ2n) is 7.03. The summed E-state index contributed by atoms with van der Waals surface area (Å²) >= 11 is 6.05. The van der Waals surface area contributed by atoms with E-state index in [9.17, 15) is 18.0 Å². The van der Waals surface area contributed by atoms with Gasteiger partial charge in [-0.25, -0.2) is 13.2 Å². The molecule has 0 bridgehead atoms. The molecule has 1 unspecified atom stereocenters. The number of urea groups is 1. The molecule has 8 nitrogen and oxygen atoms in total. The SMILES string of the molecule is Cc1cccc(Oc2ccc(Cl)cc2NCC(=O)NC(=O)NC2CCS(=O)(=O)C2)c1. The number of hydrogen-bond donors (Lipinski definition) is 3. The van der Waals surface area contributed by atoms with Crippen LogP contribution < -0.4 is 20.7 Å². The molecule has 3 N–H and O–H groups in total. The minimum Gasteiger partial charge on any atom is -0.455 e. The van der Waals surface area contributed by atoms with Gasteiger partial charge in [0.05, 0.1) is 23.7 Å². The second kappa shape index (κ2) is 9.36. The summed E-state index contributed by atoms with van der Waals surface area (Å²) in [6, 6.07) is 11.2. The number of carbonyl (C=O) groups is 2. The lowest BCUT2D eigenvalue weighted by Crippen LogP contribution is -2.46. The number of benzene rings is 2. The number of imide groups is 1. The summed E-state index contributed by atoms with van der Waals surface area (Å²) in [5.41, 5.74) is 1.53. The number of aryl methyl sites for hydroxylation is 1. The Balaban J connectivity index is 1.56. The summed E-state index contributed by atoms with van der Waals surface area (Å²) in [6.45, 7) is 1.74. The number of anilines is 1. The molecule has 0 saturated carbocycles. The van der Waals surface area contributed by atoms with Crippen LogP contribution in [0, 0.1) is 6.92 Å². The summed E-state index contributed by atoms with van der Waals surface area (Å²) in [6.07, 6.45) is 0.338. The Bertz CT molecular complexity index is 1060. The molecule has 2 aromatic carbocycles. The predicted molar refractivity (Wildman–Crippen MR) is 115 cm³/mol. The molecule has 2 aromatic rings. The Labute approximate surface area is 179 Å². The minimum absolute atomic E-state index is 0.0337. The van der Waals surface area contributed by atoms with Crippen LogP contribution in [0.4, 0.5) is 10.5 Å². The Morgan fingerprint density at radius 3 is 2.70 bits per heavy atom. The van der Waals surface area contributed by atoms with Gasteiger partial charge in [0.2, 0.25) is 5.91 Å². The highest BCUT2D eigenvalue weighted by Gasteiger charge is 2.29. The molecule has 160 valence electrons. The molecule has 1 heterocycles. The van der Waals surface area contributed by atoms with E-state index in [1.807, 2.05) is 31.2 Å². The van der Waals surface area contributed by atoms with Crippen LogP contribution >= 0.6 is 11.6 Å². The van der Waals surface area contributed by atoms with Crippen molar-refractivity contribution >= 4 is 39.1 Å². The van der Waals surface area contributed by atoms with Gasteiger partial charge in [-0.1, -0.05) is 23.7 Å². The Hall–Kier alpha value is -2.78. The van der Waals surface area contributed by atoms with Gasteiger partial charge in [-0.2, -0.15) is 0 Å². The van der Waals surface area contributed by atoms with Crippen molar-refractivity contribution in [1.82, 2.24) is 10.6 Å². The first kappa shape index (κ1) is 21.9. The normalized spacial score (nSPS) is 17.2. The third-order valence-corrected chi connectivity index (χ3v) is 6.42. The van der Waals surface area contributed by atoms with E-state index < -0.39 is 27.8 Å². The third-order valence-electron chi connectivity index (χ3n) is 4.42. The molecule has 1 atom stereocenters. The lowest BCUT2D eigenvalue weighted by Gasteiger charge is -2.14. The first-order valence-electron chi connectivity index (χ1n) is 9.29. The topological polar surface area (TPSA) is 114 Å². The van der Waals surface area contributed by atoms with E-state index >= 15 is 0 Å². The molecule has 0 aromatic heterocycles. The van der Waals surface area contributed by atoms with Gasteiger partial charge in [-0.3, -0.25) is 10.1 Å². The molecular weight excluding hydrogens is 430 g/mol. The predicted octanol–water partition coefficient (Wildman–Crippen LogP) is 2.87. The largest absolute Gasteiger partial charge is 0.455 e. The van der Waals surface area contributed by atoms with Crippen molar-refractivity contribution in [3.63, 3.8) is 0 Å². The van der Waals surface area contributed by atoms with Crippen molar-refractivity contribution in [1.29, 1.82) is 0 Å². The van der Waals surface area contributed by atoms with Crippen LogP contribution in [0.3, 0.4) is 0 Å². The van der Waals surface area contributed by atoms with Crippen molar-refractivity contribution in [3.05, 3.63) is 53.1 Å². The first-order chi connectivity index (χ1) is 14.2. The van der Waals surface area contributed by atoms with E-state index in [4.69, 9.17) is 16.3 Å². The Morgan fingerprint density at radius 1 is 1.20 bits per heavy atom. The highest BCUT2D eigenvalue weighted by atomic mass is 35.5. The quantitative estimate of drug-likeness (QED) is 0.622. The minimum atomic E-state index is -3.12. The van der Waals surface area contributed by atoms with Crippen molar-refractivity contribution in [2.24, 2.45) is 0 Å². The van der Waals surface area contributed by atoms with Gasteiger partial charge < -0.3 is 15.4 Å². The van der Waals surface area contributed by atoms with Gasteiger partial charge in [0.15, 0.2) is 15.6 Å². The van der Waals surface area contributed by atoms with E-state index in [0.29, 0.717) is 28.6 Å². The van der Waals surface area contributed by atoms with E-state index in [2.05, 4.69) is 16.0 Å². The van der Waals surface area contributed by atoms with Crippen LogP contribution in [0.5, 0.6) is 11.5 Å². The molecule has 1 fully saturated rings. The molecule has 0 radical (unpaired) electrons. The van der Waals surface area contributed by atoms with Gasteiger partial charge in [0, 0.05) is 11.1 Å². The maximum Gasteiger partial charge on any atom is 0.321 e. The van der Waals surface area contributed by atoms with Gasteiger partial charge in [-0.15, -0.1) is 0 Å². The van der Waals surface area contributed by atoms with E-state index in [1.54, 1.807) is 18.2 Å². The van der Waals surface area contributed by atoms with E-state index in [0.717, 1.165) is 5.56 Å². The summed E-state index contributed by atoms with van der Waals surface area (Å²) < 4.78 is 28.8. The Kier molecular flexibility index (Phi) is 6.84. The van der Waals surface area contributed by atoms with Gasteiger partial charge in [0.25, 0.3) is 0 Å². The Morgan fingerprint density at radius 2 is 2.00 bits per heavy atom. The number of hydrogen-bond acceptors (Lipinski definition) is 6. The summed E-state index contributed by atoms with van der Waals surface area (Å²) in [5.74, 6) is 0.435. The summed E-state index contributed by atoms with van der Waals surface area (Å²) in [4.78, 5) is 24.0. The van der Waals surface area contributed by atoms with Crippen molar-refractivity contribution in [2.75, 3.05) is 23.4 Å². The summed E-state index contributed by atoms with van der Waals surface area (Å²) in [5, 5.41) is 8.03. The molecule has 30 heavy (non-hydrogen) atoms. The second-order valence-corrected chi connectivity index (χ2v) is 9.70. The van der Waals surface area contributed by atoms with Crippen LogP contribution in [-0.2, 0) is 14.6 Å². The molecule has 3 rings (SSSR count). The lowest BCUT2D eigenvalue weighted by atomic mass is 10.2. The maximum atomic E-state index is 12.1. The molecule has 3 amide bonds. The van der Waals surface area contributed by atoms with Crippen molar-refractivity contribution in [2.45, 2.75) is 19.4 Å². The number of halogens is 1. The van der Waals surface area contributed by atoms with Crippen LogP contribution in [0.25, 0.3) is 0 Å². The first-order valence-corrected chi connectivity index (χ1v) is 11.5. The molecule has 1 saturated heterocycles. The molecule has 10 heteroatoms. The number of amides is 3. The maximum absolute atomic E-state index is 12.1. The van der Waals surface area contributed by atoms with Crippen LogP contribution in [-0.4, -0.2) is 44.4 Å². The fourth-order valence-electron chi connectivity index (χ4n) is 3.01. The smallest absolute Gasteiger partial charge is 0.321 e. The molecule has 1 aliphatic rings. The van der Waals surface area contributed by atoms with Gasteiger partial charge >= 0.3 is 6.03 Å². The molecule has 0 spiro atoms. The zero-order valence-corrected chi connectivity index (χ0v) is 17.8. The van der Waals surface area contributed by atoms with Crippen molar-refractivity contribution in [3.8, 4) is 11.5 Å². The van der Waals surface area contributed by atoms with Crippen LogP contribution in [0.1, 0.15) is 12.0 Å². The van der Waals surface area contributed by atoms with Gasteiger partial charge in [-0.05, 0) is 49.2 Å². The van der Waals surface area contributed by atoms with Crippen LogP contribution in [0.15, 0.2) is 42.5 Å². The molecule has 0 aliphatic carbocycles. The molecular formula is C20H22ClN3O5S. The van der Waals surface area contributed by atoms with Crippen molar-refractivity contribution < 1.29 is 22.7 Å². The zero-order valence-electron chi connectivity index (χ0n) is 16.3. The monoisotopic (exact) mass is 451 g/mol. The fraction of sp³-hybridized carbons (Fsp3) is 0.300. The summed E-state index contributed by atoms with van der Waals surface area (Å²) in [7, 11) is -3.12. The number of nitrogens with one attached hydrogen (secondary N) is 3. The lowest BCUT2D eigenvalue weighted by molar-refractivity contribution is -0.118. The van der Waals surface area contributed by atoms with E-state index in [-0.39, 0.29) is 18.1 Å². The van der Waals surface area contributed by atoms with Gasteiger partial charge in [0.1, 0.15) is 5.75 Å². The highest BCUT2D eigenvalue weighted by molar-refractivity contribution is 7.91. The highest BCUT2D eigenvalue weighted by Crippen LogP contribution is 2.32. The van der Waals surface area contributed by atoms with E-state index in [1.165, 1.54) is 0 Å². The number of sulfone groups is 1. The number of ether oxygens (including phenoxy) is 1. The average molecular weight is 452 g/mol.